The van der Waals surface area contributed by atoms with E-state index in [1.807, 2.05) is 0 Å². The van der Waals surface area contributed by atoms with Crippen molar-refractivity contribution in [3.8, 4) is 0 Å². The molecule has 4 rings (SSSR count). The number of rotatable bonds is 3. The molecular formula is C21H26N2. The summed E-state index contributed by atoms with van der Waals surface area (Å²) in [6, 6.07) is 20.6. The highest BCUT2D eigenvalue weighted by atomic mass is 15.2. The molecule has 0 aromatic heterocycles. The molecule has 2 nitrogen and oxygen atoms in total. The van der Waals surface area contributed by atoms with Gasteiger partial charge < -0.3 is 5.32 Å². The summed E-state index contributed by atoms with van der Waals surface area (Å²) < 4.78 is 0. The van der Waals surface area contributed by atoms with Crippen LogP contribution < -0.4 is 5.32 Å². The van der Waals surface area contributed by atoms with E-state index < -0.39 is 0 Å². The summed E-state index contributed by atoms with van der Waals surface area (Å²) in [5, 5.41) is 3.49. The second-order valence-electron chi connectivity index (χ2n) is 7.02. The highest BCUT2D eigenvalue weighted by molar-refractivity contribution is 5.33. The first kappa shape index (κ1) is 14.9. The molecule has 23 heavy (non-hydrogen) atoms. The first-order chi connectivity index (χ1) is 11.4. The van der Waals surface area contributed by atoms with Crippen molar-refractivity contribution in [1.82, 2.24) is 10.2 Å². The first-order valence-electron chi connectivity index (χ1n) is 8.96. The zero-order valence-corrected chi connectivity index (χ0v) is 13.7. The van der Waals surface area contributed by atoms with E-state index in [-0.39, 0.29) is 0 Å². The number of benzene rings is 2. The standard InChI is InChI=1S/C21H26N2/c1-2-6-18(7-3-1)21-14-19-8-4-5-9-20(19)16-23(21)15-17-10-12-22-13-11-17/h1-9,17,21-22H,10-16H2. The molecule has 2 aliphatic rings. The molecule has 2 aromatic rings. The van der Waals surface area contributed by atoms with E-state index in [2.05, 4.69) is 64.8 Å². The van der Waals surface area contributed by atoms with Crippen molar-refractivity contribution in [3.05, 3.63) is 71.3 Å². The molecule has 2 heterocycles. The molecule has 1 N–H and O–H groups in total. The molecule has 0 aliphatic carbocycles. The SMILES string of the molecule is c1ccc(C2Cc3ccccc3CN2CC2CCNCC2)cc1. The molecule has 0 saturated carbocycles. The van der Waals surface area contributed by atoms with Crippen LogP contribution in [-0.4, -0.2) is 24.5 Å². The van der Waals surface area contributed by atoms with Crippen LogP contribution in [0, 0.1) is 5.92 Å². The first-order valence-corrected chi connectivity index (χ1v) is 8.96. The van der Waals surface area contributed by atoms with Crippen molar-refractivity contribution in [2.45, 2.75) is 31.8 Å². The van der Waals surface area contributed by atoms with Crippen LogP contribution in [0.25, 0.3) is 0 Å². The van der Waals surface area contributed by atoms with Crippen LogP contribution in [0.15, 0.2) is 54.6 Å². The lowest BCUT2D eigenvalue weighted by Crippen LogP contribution is -2.40. The zero-order chi connectivity index (χ0) is 15.5. The third-order valence-electron chi connectivity index (χ3n) is 5.48. The number of nitrogens with one attached hydrogen (secondary N) is 1. The fourth-order valence-electron chi connectivity index (χ4n) is 4.17. The van der Waals surface area contributed by atoms with Crippen LogP contribution in [0.2, 0.25) is 0 Å². The Morgan fingerprint density at radius 3 is 2.35 bits per heavy atom. The molecule has 0 amide bonds. The van der Waals surface area contributed by atoms with E-state index in [9.17, 15) is 0 Å². The zero-order valence-electron chi connectivity index (χ0n) is 13.7. The molecule has 0 bridgehead atoms. The van der Waals surface area contributed by atoms with Gasteiger partial charge in [0, 0.05) is 19.1 Å². The number of nitrogens with zero attached hydrogens (tertiary/aromatic N) is 1. The summed E-state index contributed by atoms with van der Waals surface area (Å²) in [5.74, 6) is 0.840. The minimum Gasteiger partial charge on any atom is -0.317 e. The van der Waals surface area contributed by atoms with E-state index in [0.717, 1.165) is 18.9 Å². The molecule has 1 atom stereocenters. The largest absolute Gasteiger partial charge is 0.317 e. The van der Waals surface area contributed by atoms with Gasteiger partial charge in [-0.2, -0.15) is 0 Å². The quantitative estimate of drug-likeness (QED) is 0.928. The van der Waals surface area contributed by atoms with Crippen LogP contribution >= 0.6 is 0 Å². The number of piperidine rings is 1. The van der Waals surface area contributed by atoms with Crippen molar-refractivity contribution >= 4 is 0 Å². The third-order valence-corrected chi connectivity index (χ3v) is 5.48. The summed E-state index contributed by atoms with van der Waals surface area (Å²) in [7, 11) is 0. The van der Waals surface area contributed by atoms with Crippen LogP contribution in [0.3, 0.4) is 0 Å². The maximum atomic E-state index is 3.49. The van der Waals surface area contributed by atoms with E-state index in [1.165, 1.54) is 49.2 Å². The van der Waals surface area contributed by atoms with Gasteiger partial charge in [-0.25, -0.2) is 0 Å². The van der Waals surface area contributed by atoms with Crippen LogP contribution in [0.1, 0.15) is 35.6 Å². The maximum Gasteiger partial charge on any atom is 0.0392 e. The number of hydrogen-bond acceptors (Lipinski definition) is 2. The van der Waals surface area contributed by atoms with Crippen molar-refractivity contribution in [3.63, 3.8) is 0 Å². The Balaban J connectivity index is 1.60. The second kappa shape index (κ2) is 6.86. The summed E-state index contributed by atoms with van der Waals surface area (Å²) >= 11 is 0. The Labute approximate surface area is 139 Å². The van der Waals surface area contributed by atoms with Gasteiger partial charge in [-0.15, -0.1) is 0 Å². The molecular weight excluding hydrogens is 280 g/mol. The Kier molecular flexibility index (Phi) is 4.45. The highest BCUT2D eigenvalue weighted by Crippen LogP contribution is 2.34. The fourth-order valence-corrected chi connectivity index (χ4v) is 4.17. The van der Waals surface area contributed by atoms with Gasteiger partial charge in [0.05, 0.1) is 0 Å². The Morgan fingerprint density at radius 2 is 1.57 bits per heavy atom. The molecule has 1 saturated heterocycles. The van der Waals surface area contributed by atoms with Crippen LogP contribution in [0.4, 0.5) is 0 Å². The molecule has 0 spiro atoms. The topological polar surface area (TPSA) is 15.3 Å². The van der Waals surface area contributed by atoms with Crippen molar-refractivity contribution in [1.29, 1.82) is 0 Å². The lowest BCUT2D eigenvalue weighted by atomic mass is 9.88. The Morgan fingerprint density at radius 1 is 0.870 bits per heavy atom. The van der Waals surface area contributed by atoms with Gasteiger partial charge in [-0.1, -0.05) is 54.6 Å². The lowest BCUT2D eigenvalue weighted by molar-refractivity contribution is 0.131. The highest BCUT2D eigenvalue weighted by Gasteiger charge is 2.29. The van der Waals surface area contributed by atoms with Gasteiger partial charge in [0.25, 0.3) is 0 Å². The maximum absolute atomic E-state index is 3.49. The van der Waals surface area contributed by atoms with E-state index in [1.54, 1.807) is 0 Å². The fraction of sp³-hybridized carbons (Fsp3) is 0.429. The lowest BCUT2D eigenvalue weighted by Gasteiger charge is -2.40. The van der Waals surface area contributed by atoms with Gasteiger partial charge in [-0.3, -0.25) is 4.90 Å². The summed E-state index contributed by atoms with van der Waals surface area (Å²) in [5.41, 5.74) is 4.52. The predicted molar refractivity (Wildman–Crippen MR) is 95.3 cm³/mol. The van der Waals surface area contributed by atoms with Gasteiger partial charge in [-0.05, 0) is 55.0 Å². The molecule has 1 unspecified atom stereocenters. The molecule has 0 radical (unpaired) electrons. The van der Waals surface area contributed by atoms with Gasteiger partial charge in [0.2, 0.25) is 0 Å². The Bertz CT molecular complexity index is 631. The summed E-state index contributed by atoms with van der Waals surface area (Å²) in [6.45, 7) is 4.70. The van der Waals surface area contributed by atoms with Crippen LogP contribution in [0.5, 0.6) is 0 Å². The van der Waals surface area contributed by atoms with Gasteiger partial charge in [0.1, 0.15) is 0 Å². The summed E-state index contributed by atoms with van der Waals surface area (Å²) in [6.07, 6.45) is 3.78. The molecule has 2 aromatic carbocycles. The number of fused-ring (bicyclic) bond motifs is 1. The van der Waals surface area contributed by atoms with E-state index >= 15 is 0 Å². The number of hydrogen-bond donors (Lipinski definition) is 1. The third kappa shape index (κ3) is 3.34. The van der Waals surface area contributed by atoms with Crippen molar-refractivity contribution in [2.24, 2.45) is 5.92 Å². The van der Waals surface area contributed by atoms with Gasteiger partial charge >= 0.3 is 0 Å². The van der Waals surface area contributed by atoms with Crippen molar-refractivity contribution < 1.29 is 0 Å². The molecule has 1 fully saturated rings. The van der Waals surface area contributed by atoms with Crippen molar-refractivity contribution in [2.75, 3.05) is 19.6 Å². The monoisotopic (exact) mass is 306 g/mol. The minimum absolute atomic E-state index is 0.529. The molecule has 2 aliphatic heterocycles. The molecule has 2 heteroatoms. The summed E-state index contributed by atoms with van der Waals surface area (Å²) in [4.78, 5) is 2.73. The van der Waals surface area contributed by atoms with Gasteiger partial charge in [0.15, 0.2) is 0 Å². The Hall–Kier alpha value is -1.64. The average Bonchev–Trinajstić information content (AvgIpc) is 2.63. The van der Waals surface area contributed by atoms with E-state index in [0.29, 0.717) is 6.04 Å². The smallest absolute Gasteiger partial charge is 0.0392 e. The second-order valence-corrected chi connectivity index (χ2v) is 7.02. The predicted octanol–water partition coefficient (Wildman–Crippen LogP) is 3.79. The minimum atomic E-state index is 0.529. The van der Waals surface area contributed by atoms with E-state index in [4.69, 9.17) is 0 Å². The van der Waals surface area contributed by atoms with Crippen LogP contribution in [-0.2, 0) is 13.0 Å². The normalized spacial score (nSPS) is 22.7. The average molecular weight is 306 g/mol. The molecule has 120 valence electrons.